The van der Waals surface area contributed by atoms with Gasteiger partial charge in [-0.15, -0.1) is 0 Å². The van der Waals surface area contributed by atoms with E-state index in [1.165, 1.54) is 25.7 Å². The molecule has 0 spiro atoms. The SMILES string of the molecule is Cc1cccc(-c2nc(C(=O)O)nc3nc(N4CCOCC4)n(C[C@H]4CC[C@H](C)CC4)c23)c1. The Bertz CT molecular complexity index is 1160. The summed E-state index contributed by atoms with van der Waals surface area (Å²) in [5, 5.41) is 9.69. The number of hydrogen-bond donors (Lipinski definition) is 1. The van der Waals surface area contributed by atoms with Crippen molar-refractivity contribution < 1.29 is 14.6 Å². The number of aromatic nitrogens is 4. The lowest BCUT2D eigenvalue weighted by Crippen LogP contribution is -2.38. The summed E-state index contributed by atoms with van der Waals surface area (Å²) in [5.41, 5.74) is 3.89. The van der Waals surface area contributed by atoms with Crippen molar-refractivity contribution in [2.45, 2.75) is 46.1 Å². The van der Waals surface area contributed by atoms with Crippen molar-refractivity contribution in [2.75, 3.05) is 31.2 Å². The molecular formula is C25H31N5O3. The van der Waals surface area contributed by atoms with Gasteiger partial charge in [0.1, 0.15) is 11.2 Å². The van der Waals surface area contributed by atoms with Gasteiger partial charge >= 0.3 is 5.97 Å². The first-order valence-corrected chi connectivity index (χ1v) is 11.9. The third-order valence-electron chi connectivity index (χ3n) is 6.94. The molecule has 0 amide bonds. The van der Waals surface area contributed by atoms with Gasteiger partial charge in [0.2, 0.25) is 11.8 Å². The van der Waals surface area contributed by atoms with Gasteiger partial charge in [-0.05, 0) is 37.7 Å². The van der Waals surface area contributed by atoms with Gasteiger partial charge in [0.25, 0.3) is 0 Å². The number of anilines is 1. The van der Waals surface area contributed by atoms with E-state index in [9.17, 15) is 9.90 Å². The number of carboxylic acids is 1. The Balaban J connectivity index is 1.70. The van der Waals surface area contributed by atoms with Gasteiger partial charge in [-0.25, -0.2) is 14.8 Å². The van der Waals surface area contributed by atoms with Crippen LogP contribution in [-0.2, 0) is 11.3 Å². The van der Waals surface area contributed by atoms with Gasteiger partial charge in [0.15, 0.2) is 5.65 Å². The Hall–Kier alpha value is -3.00. The molecule has 8 nitrogen and oxygen atoms in total. The number of aromatic carboxylic acids is 1. The summed E-state index contributed by atoms with van der Waals surface area (Å²) < 4.78 is 7.82. The average Bonchev–Trinajstić information content (AvgIpc) is 3.19. The molecule has 174 valence electrons. The maximum absolute atomic E-state index is 11.8. The number of rotatable bonds is 5. The maximum atomic E-state index is 11.8. The number of aryl methyl sites for hydroxylation is 1. The van der Waals surface area contributed by atoms with Crippen LogP contribution in [0.2, 0.25) is 0 Å². The fourth-order valence-corrected chi connectivity index (χ4v) is 5.06. The van der Waals surface area contributed by atoms with Crippen LogP contribution in [0.25, 0.3) is 22.4 Å². The van der Waals surface area contributed by atoms with E-state index < -0.39 is 5.97 Å². The van der Waals surface area contributed by atoms with Gasteiger partial charge in [-0.3, -0.25) is 0 Å². The normalized spacial score (nSPS) is 21.5. The number of nitrogens with zero attached hydrogens (tertiary/aromatic N) is 5. The fraction of sp³-hybridized carbons (Fsp3) is 0.520. The molecule has 0 unspecified atom stereocenters. The quantitative estimate of drug-likeness (QED) is 0.625. The Morgan fingerprint density at radius 3 is 2.58 bits per heavy atom. The van der Waals surface area contributed by atoms with Crippen molar-refractivity contribution in [3.05, 3.63) is 35.7 Å². The third kappa shape index (κ3) is 4.44. The molecule has 1 N–H and O–H groups in total. The fourth-order valence-electron chi connectivity index (χ4n) is 5.06. The second-order valence-electron chi connectivity index (χ2n) is 9.49. The molecule has 5 rings (SSSR count). The average molecular weight is 450 g/mol. The molecule has 1 aliphatic heterocycles. The van der Waals surface area contributed by atoms with Crippen LogP contribution >= 0.6 is 0 Å². The molecule has 2 aliphatic rings. The summed E-state index contributed by atoms with van der Waals surface area (Å²) in [4.78, 5) is 27.9. The van der Waals surface area contributed by atoms with E-state index in [4.69, 9.17) is 9.72 Å². The largest absolute Gasteiger partial charge is 0.475 e. The van der Waals surface area contributed by atoms with Crippen LogP contribution < -0.4 is 4.90 Å². The predicted octanol–water partition coefficient (Wildman–Crippen LogP) is 4.16. The molecule has 2 aromatic heterocycles. The van der Waals surface area contributed by atoms with Crippen LogP contribution in [0.3, 0.4) is 0 Å². The maximum Gasteiger partial charge on any atom is 0.374 e. The van der Waals surface area contributed by atoms with Gasteiger partial charge in [0.05, 0.1) is 13.2 Å². The van der Waals surface area contributed by atoms with E-state index in [1.807, 2.05) is 31.2 Å². The molecule has 8 heteroatoms. The summed E-state index contributed by atoms with van der Waals surface area (Å²) >= 11 is 0. The van der Waals surface area contributed by atoms with Crippen LogP contribution in [-0.4, -0.2) is 56.9 Å². The molecule has 3 aromatic rings. The highest BCUT2D eigenvalue weighted by Crippen LogP contribution is 2.35. The smallest absolute Gasteiger partial charge is 0.374 e. The standard InChI is InChI=1S/C25H31N5O3/c1-16-6-8-18(9-7-16)15-30-21-20(19-5-3-4-17(2)14-19)26-23(24(31)32)27-22(21)28-25(30)29-10-12-33-13-11-29/h3-5,14,16,18H,6-13,15H2,1-2H3,(H,31,32)/t16-,18-. The highest BCUT2D eigenvalue weighted by Gasteiger charge is 2.28. The number of carbonyl (C=O) groups is 1. The van der Waals surface area contributed by atoms with Crippen molar-refractivity contribution in [3.63, 3.8) is 0 Å². The zero-order valence-corrected chi connectivity index (χ0v) is 19.3. The van der Waals surface area contributed by atoms with Crippen LogP contribution in [0.4, 0.5) is 5.95 Å². The predicted molar refractivity (Wildman–Crippen MR) is 127 cm³/mol. The van der Waals surface area contributed by atoms with E-state index in [-0.39, 0.29) is 5.82 Å². The summed E-state index contributed by atoms with van der Waals surface area (Å²) in [5.74, 6) is 0.822. The molecular weight excluding hydrogens is 418 g/mol. The Kier molecular flexibility index (Phi) is 6.01. The van der Waals surface area contributed by atoms with E-state index in [0.29, 0.717) is 30.5 Å². The second kappa shape index (κ2) is 9.09. The third-order valence-corrected chi connectivity index (χ3v) is 6.94. The van der Waals surface area contributed by atoms with Crippen LogP contribution in [0.15, 0.2) is 24.3 Å². The number of hydrogen-bond acceptors (Lipinski definition) is 6. The zero-order valence-electron chi connectivity index (χ0n) is 19.3. The van der Waals surface area contributed by atoms with Crippen molar-refractivity contribution in [2.24, 2.45) is 11.8 Å². The molecule has 3 heterocycles. The molecule has 2 fully saturated rings. The number of fused-ring (bicyclic) bond motifs is 1. The Morgan fingerprint density at radius 1 is 1.12 bits per heavy atom. The summed E-state index contributed by atoms with van der Waals surface area (Å²) in [6, 6.07) is 8.03. The van der Waals surface area contributed by atoms with E-state index in [0.717, 1.165) is 48.1 Å². The minimum absolute atomic E-state index is 0.219. The molecule has 0 bridgehead atoms. The van der Waals surface area contributed by atoms with Crippen molar-refractivity contribution in [1.29, 1.82) is 0 Å². The first-order valence-electron chi connectivity index (χ1n) is 11.9. The van der Waals surface area contributed by atoms with Crippen molar-refractivity contribution >= 4 is 23.1 Å². The lowest BCUT2D eigenvalue weighted by Gasteiger charge is -2.31. The Labute approximate surface area is 193 Å². The molecule has 0 radical (unpaired) electrons. The lowest BCUT2D eigenvalue weighted by atomic mass is 9.83. The number of ether oxygens (including phenoxy) is 1. The molecule has 1 aromatic carbocycles. The van der Waals surface area contributed by atoms with Gasteiger partial charge in [-0.2, -0.15) is 4.98 Å². The molecule has 1 saturated heterocycles. The minimum Gasteiger partial charge on any atom is -0.475 e. The van der Waals surface area contributed by atoms with Crippen molar-refractivity contribution in [1.82, 2.24) is 19.5 Å². The summed E-state index contributed by atoms with van der Waals surface area (Å²) in [6.45, 7) is 8.01. The highest BCUT2D eigenvalue weighted by atomic mass is 16.5. The topological polar surface area (TPSA) is 93.4 Å². The number of carboxylic acid groups (broad SMARTS) is 1. The zero-order chi connectivity index (χ0) is 22.9. The van der Waals surface area contributed by atoms with Gasteiger partial charge in [-0.1, -0.05) is 43.5 Å². The Morgan fingerprint density at radius 2 is 1.88 bits per heavy atom. The van der Waals surface area contributed by atoms with E-state index in [2.05, 4.69) is 26.4 Å². The summed E-state index contributed by atoms with van der Waals surface area (Å²) in [7, 11) is 0. The molecule has 1 saturated carbocycles. The first kappa shape index (κ1) is 21.8. The van der Waals surface area contributed by atoms with Crippen LogP contribution in [0.1, 0.15) is 48.8 Å². The summed E-state index contributed by atoms with van der Waals surface area (Å²) in [6.07, 6.45) is 4.87. The highest BCUT2D eigenvalue weighted by molar-refractivity contribution is 5.94. The first-order chi connectivity index (χ1) is 16.0. The van der Waals surface area contributed by atoms with Crippen LogP contribution in [0, 0.1) is 18.8 Å². The molecule has 33 heavy (non-hydrogen) atoms. The van der Waals surface area contributed by atoms with E-state index >= 15 is 0 Å². The van der Waals surface area contributed by atoms with Gasteiger partial charge in [0, 0.05) is 25.2 Å². The monoisotopic (exact) mass is 449 g/mol. The lowest BCUT2D eigenvalue weighted by molar-refractivity contribution is 0.0684. The van der Waals surface area contributed by atoms with Crippen molar-refractivity contribution in [3.8, 4) is 11.3 Å². The van der Waals surface area contributed by atoms with E-state index in [1.54, 1.807) is 0 Å². The number of morpholine rings is 1. The minimum atomic E-state index is -1.14. The van der Waals surface area contributed by atoms with Gasteiger partial charge < -0.3 is 19.3 Å². The van der Waals surface area contributed by atoms with Crippen LogP contribution in [0.5, 0.6) is 0 Å². The molecule has 1 aliphatic carbocycles. The molecule has 0 atom stereocenters. The second-order valence-corrected chi connectivity index (χ2v) is 9.49. The number of benzene rings is 1. The number of imidazole rings is 1.